The molecule has 1 aliphatic heterocycles. The van der Waals surface area contributed by atoms with Gasteiger partial charge in [0.05, 0.1) is 24.5 Å². The summed E-state index contributed by atoms with van der Waals surface area (Å²) in [6.07, 6.45) is 0.822. The maximum absolute atomic E-state index is 13.4. The second-order valence-corrected chi connectivity index (χ2v) is 8.92. The Hall–Kier alpha value is -3.40. The molecule has 10 heteroatoms. The van der Waals surface area contributed by atoms with E-state index in [-0.39, 0.29) is 23.0 Å². The number of aromatic nitrogens is 1. The summed E-state index contributed by atoms with van der Waals surface area (Å²) in [6.45, 7) is 4.05. The number of nitrogen functional groups attached to an aromatic ring is 1. The van der Waals surface area contributed by atoms with Gasteiger partial charge in [-0.3, -0.25) is 9.69 Å². The quantitative estimate of drug-likeness (QED) is 0.248. The number of alkyl halides is 1. The Morgan fingerprint density at radius 1 is 1.17 bits per heavy atom. The number of aromatic hydroxyl groups is 1. The fraction of sp³-hybridized carbons (Fsp3) is 0.308. The SMILES string of the molecule is Nc1nc(-c2cc(Nc3ccc(Cl)cc3CF)ccc2O)ccc1C(=O)NCCCN1CCOCC1. The van der Waals surface area contributed by atoms with Gasteiger partial charge >= 0.3 is 0 Å². The van der Waals surface area contributed by atoms with Crippen LogP contribution in [-0.4, -0.2) is 60.3 Å². The molecule has 5 N–H and O–H groups in total. The molecule has 190 valence electrons. The van der Waals surface area contributed by atoms with Gasteiger partial charge in [0.2, 0.25) is 0 Å². The van der Waals surface area contributed by atoms with Crippen molar-refractivity contribution >= 4 is 34.7 Å². The van der Waals surface area contributed by atoms with Gasteiger partial charge in [0.25, 0.3) is 5.91 Å². The third-order valence-corrected chi connectivity index (χ3v) is 6.21. The Balaban J connectivity index is 1.42. The lowest BCUT2D eigenvalue weighted by atomic mass is 10.1. The topological polar surface area (TPSA) is 113 Å². The van der Waals surface area contributed by atoms with Crippen LogP contribution in [0.4, 0.5) is 21.6 Å². The molecule has 2 heterocycles. The number of halogens is 2. The molecule has 2 aromatic carbocycles. The van der Waals surface area contributed by atoms with Crippen LogP contribution in [0.1, 0.15) is 22.3 Å². The second kappa shape index (κ2) is 12.0. The number of amides is 1. The van der Waals surface area contributed by atoms with Crippen LogP contribution in [0.15, 0.2) is 48.5 Å². The van der Waals surface area contributed by atoms with Crippen LogP contribution in [0.25, 0.3) is 11.3 Å². The number of carbonyl (C=O) groups excluding carboxylic acids is 1. The average molecular weight is 514 g/mol. The van der Waals surface area contributed by atoms with Crippen molar-refractivity contribution in [1.29, 1.82) is 0 Å². The minimum atomic E-state index is -0.678. The third-order valence-electron chi connectivity index (χ3n) is 5.97. The molecule has 0 unspecified atom stereocenters. The number of nitrogens with one attached hydrogen (secondary N) is 2. The van der Waals surface area contributed by atoms with Crippen LogP contribution in [0.3, 0.4) is 0 Å². The summed E-state index contributed by atoms with van der Waals surface area (Å²) in [4.78, 5) is 19.3. The maximum atomic E-state index is 13.4. The lowest BCUT2D eigenvalue weighted by Gasteiger charge is -2.26. The molecule has 0 saturated carbocycles. The largest absolute Gasteiger partial charge is 0.507 e. The van der Waals surface area contributed by atoms with Crippen molar-refractivity contribution in [2.75, 3.05) is 50.4 Å². The van der Waals surface area contributed by atoms with Gasteiger partial charge in [-0.2, -0.15) is 0 Å². The molecule has 8 nitrogen and oxygen atoms in total. The van der Waals surface area contributed by atoms with Crippen LogP contribution in [0, 0.1) is 0 Å². The first-order chi connectivity index (χ1) is 17.4. The zero-order valence-corrected chi connectivity index (χ0v) is 20.5. The number of hydrogen-bond donors (Lipinski definition) is 4. The predicted molar refractivity (Wildman–Crippen MR) is 140 cm³/mol. The summed E-state index contributed by atoms with van der Waals surface area (Å²) in [5, 5.41) is 16.9. The van der Waals surface area contributed by atoms with E-state index in [0.29, 0.717) is 39.8 Å². The highest BCUT2D eigenvalue weighted by molar-refractivity contribution is 6.30. The normalized spacial score (nSPS) is 13.9. The van der Waals surface area contributed by atoms with Gasteiger partial charge in [-0.05, 0) is 61.5 Å². The van der Waals surface area contributed by atoms with E-state index in [1.807, 2.05) is 0 Å². The van der Waals surface area contributed by atoms with E-state index in [1.54, 1.807) is 42.5 Å². The first-order valence-electron chi connectivity index (χ1n) is 11.7. The lowest BCUT2D eigenvalue weighted by Crippen LogP contribution is -2.38. The molecule has 3 aromatic rings. The summed E-state index contributed by atoms with van der Waals surface area (Å²) in [5.74, 6) is -0.238. The Kier molecular flexibility index (Phi) is 8.58. The van der Waals surface area contributed by atoms with E-state index in [1.165, 1.54) is 6.07 Å². The van der Waals surface area contributed by atoms with Gasteiger partial charge < -0.3 is 26.2 Å². The van der Waals surface area contributed by atoms with Crippen molar-refractivity contribution in [2.24, 2.45) is 0 Å². The van der Waals surface area contributed by atoms with Gasteiger partial charge in [0, 0.05) is 47.2 Å². The van der Waals surface area contributed by atoms with Crippen LogP contribution >= 0.6 is 11.6 Å². The highest BCUT2D eigenvalue weighted by atomic mass is 35.5. The van der Waals surface area contributed by atoms with Crippen molar-refractivity contribution in [3.63, 3.8) is 0 Å². The summed E-state index contributed by atoms with van der Waals surface area (Å²) in [6, 6.07) is 13.0. The van der Waals surface area contributed by atoms with Crippen molar-refractivity contribution in [3.8, 4) is 17.0 Å². The molecule has 0 radical (unpaired) electrons. The zero-order chi connectivity index (χ0) is 25.5. The van der Waals surface area contributed by atoms with Crippen molar-refractivity contribution < 1.29 is 19.0 Å². The number of pyridine rings is 1. The van der Waals surface area contributed by atoms with E-state index < -0.39 is 6.67 Å². The van der Waals surface area contributed by atoms with Crippen LogP contribution < -0.4 is 16.4 Å². The Bertz CT molecular complexity index is 1220. The van der Waals surface area contributed by atoms with E-state index in [4.69, 9.17) is 22.1 Å². The molecule has 0 bridgehead atoms. The number of phenols is 1. The van der Waals surface area contributed by atoms with Crippen molar-refractivity contribution in [3.05, 3.63) is 64.7 Å². The summed E-state index contributed by atoms with van der Waals surface area (Å²) >= 11 is 5.96. The smallest absolute Gasteiger partial charge is 0.255 e. The van der Waals surface area contributed by atoms with Crippen LogP contribution in [-0.2, 0) is 11.4 Å². The number of anilines is 3. The number of ether oxygens (including phenoxy) is 1. The van der Waals surface area contributed by atoms with Gasteiger partial charge in [0.15, 0.2) is 0 Å². The molecule has 0 spiro atoms. The standard InChI is InChI=1S/C26H29ClFN5O3/c27-18-2-5-22(17(14-18)16-28)31-19-3-7-24(34)21(15-19)23-6-4-20(25(29)32-23)26(35)30-8-1-9-33-10-12-36-13-11-33/h2-7,14-15,31,34H,1,8-13,16H2,(H2,29,32)(H,30,35). The number of carbonyl (C=O) groups is 1. The first kappa shape index (κ1) is 25.7. The zero-order valence-electron chi connectivity index (χ0n) is 19.8. The highest BCUT2D eigenvalue weighted by Crippen LogP contribution is 2.33. The molecule has 0 aliphatic carbocycles. The molecule has 1 amide bonds. The minimum absolute atomic E-state index is 0.00501. The summed E-state index contributed by atoms with van der Waals surface area (Å²) in [7, 11) is 0. The molecule has 4 rings (SSSR count). The van der Waals surface area contributed by atoms with Gasteiger partial charge in [-0.25, -0.2) is 9.37 Å². The number of morpholine rings is 1. The molecular formula is C26H29ClFN5O3. The molecule has 1 saturated heterocycles. The van der Waals surface area contributed by atoms with Gasteiger partial charge in [-0.1, -0.05) is 11.6 Å². The number of nitrogens with two attached hydrogens (primary N) is 1. The summed E-state index contributed by atoms with van der Waals surface area (Å²) in [5.41, 5.74) is 8.78. The Morgan fingerprint density at radius 3 is 2.72 bits per heavy atom. The number of phenolic OH excluding ortho intramolecular Hbond substituents is 1. The third kappa shape index (κ3) is 6.42. The van der Waals surface area contributed by atoms with Crippen molar-refractivity contribution in [2.45, 2.75) is 13.1 Å². The number of rotatable bonds is 9. The lowest BCUT2D eigenvalue weighted by molar-refractivity contribution is 0.0374. The van der Waals surface area contributed by atoms with Crippen molar-refractivity contribution in [1.82, 2.24) is 15.2 Å². The van der Waals surface area contributed by atoms with E-state index in [2.05, 4.69) is 20.5 Å². The fourth-order valence-corrected chi connectivity index (χ4v) is 4.21. The minimum Gasteiger partial charge on any atom is -0.507 e. The van der Waals surface area contributed by atoms with Crippen LogP contribution in [0.5, 0.6) is 5.75 Å². The van der Waals surface area contributed by atoms with E-state index in [0.717, 1.165) is 39.3 Å². The van der Waals surface area contributed by atoms with Crippen LogP contribution in [0.2, 0.25) is 5.02 Å². The fourth-order valence-electron chi connectivity index (χ4n) is 4.01. The molecule has 36 heavy (non-hydrogen) atoms. The molecule has 1 aromatic heterocycles. The Labute approximate surface area is 214 Å². The first-order valence-corrected chi connectivity index (χ1v) is 12.1. The molecular weight excluding hydrogens is 485 g/mol. The number of hydrogen-bond acceptors (Lipinski definition) is 7. The highest BCUT2D eigenvalue weighted by Gasteiger charge is 2.15. The van der Waals surface area contributed by atoms with Gasteiger partial charge in [-0.15, -0.1) is 0 Å². The average Bonchev–Trinajstić information content (AvgIpc) is 2.89. The number of nitrogens with zero attached hydrogens (tertiary/aromatic N) is 2. The van der Waals surface area contributed by atoms with E-state index >= 15 is 0 Å². The van der Waals surface area contributed by atoms with E-state index in [9.17, 15) is 14.3 Å². The molecule has 1 aliphatic rings. The summed E-state index contributed by atoms with van der Waals surface area (Å²) < 4.78 is 18.7. The second-order valence-electron chi connectivity index (χ2n) is 8.48. The monoisotopic (exact) mass is 513 g/mol. The molecule has 1 fully saturated rings. The van der Waals surface area contributed by atoms with Gasteiger partial charge in [0.1, 0.15) is 18.2 Å². The molecule has 0 atom stereocenters. The predicted octanol–water partition coefficient (Wildman–Crippen LogP) is 4.36. The maximum Gasteiger partial charge on any atom is 0.255 e. The number of benzene rings is 2. The Morgan fingerprint density at radius 2 is 1.97 bits per heavy atom.